The summed E-state index contributed by atoms with van der Waals surface area (Å²) in [6.07, 6.45) is 6.83. The first-order chi connectivity index (χ1) is 12.7. The van der Waals surface area contributed by atoms with E-state index in [1.165, 1.54) is 6.08 Å². The Kier molecular flexibility index (Phi) is 5.76. The molecule has 0 radical (unpaired) electrons. The summed E-state index contributed by atoms with van der Waals surface area (Å²) in [5.74, 6) is 0.647. The molecule has 3 aromatic rings. The van der Waals surface area contributed by atoms with Crippen LogP contribution in [-0.4, -0.2) is 23.0 Å². The number of nitrogens with one attached hydrogen (secondary N) is 1. The fourth-order valence-electron chi connectivity index (χ4n) is 2.32. The summed E-state index contributed by atoms with van der Waals surface area (Å²) >= 11 is 1.57. The molecule has 1 amide bonds. The van der Waals surface area contributed by atoms with E-state index in [9.17, 15) is 4.79 Å². The van der Waals surface area contributed by atoms with E-state index in [1.807, 2.05) is 43.3 Å². The Bertz CT molecular complexity index is 903. The van der Waals surface area contributed by atoms with Crippen LogP contribution in [0.25, 0.3) is 16.6 Å². The molecule has 1 aromatic carbocycles. The van der Waals surface area contributed by atoms with E-state index in [0.717, 1.165) is 32.5 Å². The SMILES string of the molecule is COc1ccc(/C=C/C(=O)NCc2sc(-c3cccnc3)nc2C)cc1. The normalized spacial score (nSPS) is 10.8. The van der Waals surface area contributed by atoms with Crippen LogP contribution < -0.4 is 10.1 Å². The molecule has 0 aliphatic heterocycles. The number of thiazole rings is 1. The Balaban J connectivity index is 1.59. The standard InChI is InChI=1S/C20H19N3O2S/c1-14-18(26-20(23-14)16-4-3-11-21-12-16)13-22-19(24)10-7-15-5-8-17(25-2)9-6-15/h3-12H,13H2,1-2H3,(H,22,24)/b10-7+. The van der Waals surface area contributed by atoms with Crippen molar-refractivity contribution >= 4 is 23.3 Å². The zero-order chi connectivity index (χ0) is 18.4. The van der Waals surface area contributed by atoms with Crippen LogP contribution in [0.15, 0.2) is 54.9 Å². The molecule has 0 saturated carbocycles. The summed E-state index contributed by atoms with van der Waals surface area (Å²) in [4.78, 5) is 21.8. The lowest BCUT2D eigenvalue weighted by molar-refractivity contribution is -0.116. The fourth-order valence-corrected chi connectivity index (χ4v) is 3.31. The van der Waals surface area contributed by atoms with Gasteiger partial charge in [0.2, 0.25) is 5.91 Å². The summed E-state index contributed by atoms with van der Waals surface area (Å²) in [6.45, 7) is 2.40. The molecule has 2 aromatic heterocycles. The van der Waals surface area contributed by atoms with E-state index in [1.54, 1.807) is 36.9 Å². The van der Waals surface area contributed by atoms with Gasteiger partial charge in [-0.2, -0.15) is 0 Å². The number of carbonyl (C=O) groups excluding carboxylic acids is 1. The molecule has 1 N–H and O–H groups in total. The predicted molar refractivity (Wildman–Crippen MR) is 104 cm³/mol. The largest absolute Gasteiger partial charge is 0.497 e. The van der Waals surface area contributed by atoms with Crippen LogP contribution in [0.3, 0.4) is 0 Å². The maximum Gasteiger partial charge on any atom is 0.244 e. The van der Waals surface area contributed by atoms with Gasteiger partial charge in [0.15, 0.2) is 0 Å². The van der Waals surface area contributed by atoms with Crippen molar-refractivity contribution in [3.05, 3.63) is 71.0 Å². The molecule has 0 bridgehead atoms. The lowest BCUT2D eigenvalue weighted by atomic mass is 10.2. The lowest BCUT2D eigenvalue weighted by Crippen LogP contribution is -2.20. The van der Waals surface area contributed by atoms with Crippen LogP contribution >= 0.6 is 11.3 Å². The third kappa shape index (κ3) is 4.55. The molecule has 26 heavy (non-hydrogen) atoms. The van der Waals surface area contributed by atoms with Crippen LogP contribution in [0.5, 0.6) is 5.75 Å². The predicted octanol–water partition coefficient (Wildman–Crippen LogP) is 3.85. The first-order valence-corrected chi connectivity index (χ1v) is 8.94. The van der Waals surface area contributed by atoms with Crippen LogP contribution in [0, 0.1) is 6.92 Å². The van der Waals surface area contributed by atoms with Crippen molar-refractivity contribution in [2.75, 3.05) is 7.11 Å². The van der Waals surface area contributed by atoms with Crippen molar-refractivity contribution in [1.29, 1.82) is 0 Å². The second-order valence-electron chi connectivity index (χ2n) is 5.59. The summed E-state index contributed by atoms with van der Waals surface area (Å²) in [5.41, 5.74) is 2.85. The molecule has 0 fully saturated rings. The van der Waals surface area contributed by atoms with E-state index in [0.29, 0.717) is 6.54 Å². The first kappa shape index (κ1) is 17.8. The average molecular weight is 365 g/mol. The number of methoxy groups -OCH3 is 1. The number of hydrogen-bond donors (Lipinski definition) is 1. The Morgan fingerprint density at radius 3 is 2.77 bits per heavy atom. The first-order valence-electron chi connectivity index (χ1n) is 8.12. The van der Waals surface area contributed by atoms with E-state index >= 15 is 0 Å². The van der Waals surface area contributed by atoms with Crippen LogP contribution in [-0.2, 0) is 11.3 Å². The second kappa shape index (κ2) is 8.40. The number of rotatable bonds is 6. The number of pyridine rings is 1. The number of benzene rings is 1. The van der Waals surface area contributed by atoms with Crippen molar-refractivity contribution in [2.24, 2.45) is 0 Å². The minimum Gasteiger partial charge on any atom is -0.497 e. The molecular formula is C20H19N3O2S. The molecule has 0 spiro atoms. The van der Waals surface area contributed by atoms with Crippen LogP contribution in [0.1, 0.15) is 16.1 Å². The van der Waals surface area contributed by atoms with Gasteiger partial charge >= 0.3 is 0 Å². The molecular weight excluding hydrogens is 346 g/mol. The van der Waals surface area contributed by atoms with Crippen molar-refractivity contribution in [1.82, 2.24) is 15.3 Å². The molecule has 3 rings (SSSR count). The zero-order valence-electron chi connectivity index (χ0n) is 14.6. The summed E-state index contributed by atoms with van der Waals surface area (Å²) in [7, 11) is 1.62. The molecule has 0 unspecified atom stereocenters. The van der Waals surface area contributed by atoms with Crippen molar-refractivity contribution in [3.63, 3.8) is 0 Å². The number of nitrogens with zero attached hydrogens (tertiary/aromatic N) is 2. The van der Waals surface area contributed by atoms with E-state index in [-0.39, 0.29) is 5.91 Å². The van der Waals surface area contributed by atoms with Gasteiger partial charge in [0, 0.05) is 28.9 Å². The molecule has 0 aliphatic carbocycles. The van der Waals surface area contributed by atoms with Gasteiger partial charge < -0.3 is 10.1 Å². The fraction of sp³-hybridized carbons (Fsp3) is 0.150. The van der Waals surface area contributed by atoms with Crippen LogP contribution in [0.4, 0.5) is 0 Å². The highest BCUT2D eigenvalue weighted by molar-refractivity contribution is 7.15. The number of ether oxygens (including phenoxy) is 1. The highest BCUT2D eigenvalue weighted by Gasteiger charge is 2.10. The summed E-state index contributed by atoms with van der Waals surface area (Å²) in [6, 6.07) is 11.4. The maximum atomic E-state index is 12.1. The molecule has 0 aliphatic rings. The van der Waals surface area contributed by atoms with Gasteiger partial charge in [-0.3, -0.25) is 9.78 Å². The Morgan fingerprint density at radius 1 is 1.27 bits per heavy atom. The van der Waals surface area contributed by atoms with E-state index in [2.05, 4.69) is 15.3 Å². The highest BCUT2D eigenvalue weighted by atomic mass is 32.1. The Morgan fingerprint density at radius 2 is 2.08 bits per heavy atom. The number of aryl methyl sites for hydroxylation is 1. The molecule has 132 valence electrons. The monoisotopic (exact) mass is 365 g/mol. The topological polar surface area (TPSA) is 64.1 Å². The smallest absolute Gasteiger partial charge is 0.244 e. The van der Waals surface area contributed by atoms with Crippen molar-refractivity contribution in [2.45, 2.75) is 13.5 Å². The number of carbonyl (C=O) groups is 1. The second-order valence-corrected chi connectivity index (χ2v) is 6.68. The third-order valence-electron chi connectivity index (χ3n) is 3.77. The van der Waals surface area contributed by atoms with Gasteiger partial charge in [-0.1, -0.05) is 12.1 Å². The van der Waals surface area contributed by atoms with Gasteiger partial charge in [0.1, 0.15) is 10.8 Å². The summed E-state index contributed by atoms with van der Waals surface area (Å²) in [5, 5.41) is 3.81. The number of amides is 1. The molecule has 2 heterocycles. The maximum absolute atomic E-state index is 12.1. The van der Waals surface area contributed by atoms with Crippen LogP contribution in [0.2, 0.25) is 0 Å². The van der Waals surface area contributed by atoms with E-state index < -0.39 is 0 Å². The Hall–Kier alpha value is -2.99. The zero-order valence-corrected chi connectivity index (χ0v) is 15.4. The minimum absolute atomic E-state index is 0.142. The van der Waals surface area contributed by atoms with Crippen molar-refractivity contribution < 1.29 is 9.53 Å². The highest BCUT2D eigenvalue weighted by Crippen LogP contribution is 2.27. The van der Waals surface area contributed by atoms with Gasteiger partial charge in [-0.05, 0) is 42.8 Å². The minimum atomic E-state index is -0.142. The van der Waals surface area contributed by atoms with Gasteiger partial charge in [-0.15, -0.1) is 11.3 Å². The Labute approximate surface area is 156 Å². The van der Waals surface area contributed by atoms with Gasteiger partial charge in [0.25, 0.3) is 0 Å². The van der Waals surface area contributed by atoms with Gasteiger partial charge in [-0.25, -0.2) is 4.98 Å². The number of hydrogen-bond acceptors (Lipinski definition) is 5. The van der Waals surface area contributed by atoms with Gasteiger partial charge in [0.05, 0.1) is 19.3 Å². The molecule has 5 nitrogen and oxygen atoms in total. The third-order valence-corrected chi connectivity index (χ3v) is 4.97. The molecule has 0 saturated heterocycles. The average Bonchev–Trinajstić information content (AvgIpc) is 3.06. The molecule has 6 heteroatoms. The quantitative estimate of drug-likeness (QED) is 0.674. The number of aromatic nitrogens is 2. The summed E-state index contributed by atoms with van der Waals surface area (Å²) < 4.78 is 5.12. The lowest BCUT2D eigenvalue weighted by Gasteiger charge is -2.01. The molecule has 0 atom stereocenters. The van der Waals surface area contributed by atoms with E-state index in [4.69, 9.17) is 4.74 Å². The van der Waals surface area contributed by atoms with Crippen molar-refractivity contribution in [3.8, 4) is 16.3 Å².